The summed E-state index contributed by atoms with van der Waals surface area (Å²) in [5.74, 6) is -0.0556. The summed E-state index contributed by atoms with van der Waals surface area (Å²) in [7, 11) is 0. The minimum Gasteiger partial charge on any atom is -0.371 e. The van der Waals surface area contributed by atoms with Crippen LogP contribution in [0.1, 0.15) is 30.9 Å². The first-order valence-electron chi connectivity index (χ1n) is 8.18. The molecule has 1 amide bonds. The van der Waals surface area contributed by atoms with Crippen molar-refractivity contribution in [2.45, 2.75) is 25.3 Å². The summed E-state index contributed by atoms with van der Waals surface area (Å²) in [6.07, 6.45) is 2.75. The van der Waals surface area contributed by atoms with Crippen molar-refractivity contribution < 1.29 is 4.79 Å². The van der Waals surface area contributed by atoms with Gasteiger partial charge in [-0.2, -0.15) is 0 Å². The average molecular weight is 309 g/mol. The zero-order chi connectivity index (χ0) is 16.1. The number of hydrogen-bond donors (Lipinski definition) is 2. The van der Waals surface area contributed by atoms with Crippen LogP contribution >= 0.6 is 0 Å². The Morgan fingerprint density at radius 1 is 1.09 bits per heavy atom. The van der Waals surface area contributed by atoms with Crippen molar-refractivity contribution in [3.05, 3.63) is 60.2 Å². The Hall–Kier alpha value is -2.33. The zero-order valence-corrected chi connectivity index (χ0v) is 13.2. The van der Waals surface area contributed by atoms with Crippen LogP contribution in [0.4, 0.5) is 11.4 Å². The first-order chi connectivity index (χ1) is 11.2. The van der Waals surface area contributed by atoms with Crippen molar-refractivity contribution >= 4 is 17.3 Å². The van der Waals surface area contributed by atoms with Crippen molar-refractivity contribution in [1.82, 2.24) is 0 Å². The Kier molecular flexibility index (Phi) is 4.93. The molecule has 4 heteroatoms. The standard InChI is InChI=1S/C19H23N3O/c20-18(15-7-2-1-3-8-15)14-19(23)21-16-9-6-10-17(13-16)22-11-4-5-12-22/h1-3,6-10,13,18H,4-5,11-12,14,20H2,(H,21,23). The van der Waals surface area contributed by atoms with Crippen molar-refractivity contribution in [3.8, 4) is 0 Å². The molecule has 1 unspecified atom stereocenters. The Bertz CT molecular complexity index is 651. The lowest BCUT2D eigenvalue weighted by atomic mass is 10.0. The first-order valence-corrected chi connectivity index (χ1v) is 8.18. The third kappa shape index (κ3) is 4.11. The molecule has 1 aliphatic heterocycles. The fourth-order valence-corrected chi connectivity index (χ4v) is 2.99. The molecule has 0 spiro atoms. The van der Waals surface area contributed by atoms with Gasteiger partial charge in [0.2, 0.25) is 5.91 Å². The lowest BCUT2D eigenvalue weighted by molar-refractivity contribution is -0.116. The van der Waals surface area contributed by atoms with Crippen LogP contribution in [0.5, 0.6) is 0 Å². The Balaban J connectivity index is 1.60. The molecule has 3 N–H and O–H groups in total. The minimum absolute atomic E-state index is 0.0556. The van der Waals surface area contributed by atoms with E-state index in [2.05, 4.69) is 16.3 Å². The van der Waals surface area contributed by atoms with E-state index in [1.54, 1.807) is 0 Å². The number of benzene rings is 2. The highest BCUT2D eigenvalue weighted by Crippen LogP contribution is 2.23. The summed E-state index contributed by atoms with van der Waals surface area (Å²) < 4.78 is 0. The third-order valence-corrected chi connectivity index (χ3v) is 4.23. The van der Waals surface area contributed by atoms with Gasteiger partial charge in [-0.25, -0.2) is 0 Å². The molecule has 0 radical (unpaired) electrons. The SMILES string of the molecule is NC(CC(=O)Nc1cccc(N2CCCC2)c1)c1ccccc1. The van der Waals surface area contributed by atoms with Gasteiger partial charge in [0.25, 0.3) is 0 Å². The van der Waals surface area contributed by atoms with Gasteiger partial charge in [-0.05, 0) is 36.6 Å². The number of hydrogen-bond acceptors (Lipinski definition) is 3. The number of carbonyl (C=O) groups is 1. The number of amides is 1. The van der Waals surface area contributed by atoms with E-state index >= 15 is 0 Å². The van der Waals surface area contributed by atoms with Gasteiger partial charge in [-0.3, -0.25) is 4.79 Å². The van der Waals surface area contributed by atoms with Gasteiger partial charge in [-0.15, -0.1) is 0 Å². The van der Waals surface area contributed by atoms with E-state index in [0.717, 1.165) is 24.3 Å². The van der Waals surface area contributed by atoms with Gasteiger partial charge in [0.05, 0.1) is 0 Å². The number of nitrogens with zero attached hydrogens (tertiary/aromatic N) is 1. The van der Waals surface area contributed by atoms with Crippen molar-refractivity contribution in [1.29, 1.82) is 0 Å². The van der Waals surface area contributed by atoms with E-state index in [0.29, 0.717) is 0 Å². The van der Waals surface area contributed by atoms with Gasteiger partial charge in [-0.1, -0.05) is 36.4 Å². The first kappa shape index (κ1) is 15.6. The van der Waals surface area contributed by atoms with E-state index < -0.39 is 0 Å². The second-order valence-corrected chi connectivity index (χ2v) is 6.01. The van der Waals surface area contributed by atoms with Crippen LogP contribution in [0, 0.1) is 0 Å². The van der Waals surface area contributed by atoms with Gasteiger partial charge in [0, 0.05) is 36.9 Å². The largest absolute Gasteiger partial charge is 0.371 e. The topological polar surface area (TPSA) is 58.4 Å². The van der Waals surface area contributed by atoms with Crippen LogP contribution in [-0.2, 0) is 4.79 Å². The number of rotatable bonds is 5. The molecule has 2 aromatic rings. The molecule has 1 aliphatic rings. The van der Waals surface area contributed by atoms with Gasteiger partial charge in [0.15, 0.2) is 0 Å². The minimum atomic E-state index is -0.280. The quantitative estimate of drug-likeness (QED) is 0.891. The molecule has 120 valence electrons. The summed E-state index contributed by atoms with van der Waals surface area (Å²) in [6.45, 7) is 2.19. The maximum Gasteiger partial charge on any atom is 0.226 e. The zero-order valence-electron chi connectivity index (χ0n) is 13.2. The number of nitrogens with one attached hydrogen (secondary N) is 1. The number of anilines is 2. The molecule has 0 aliphatic carbocycles. The average Bonchev–Trinajstić information content (AvgIpc) is 3.10. The molecule has 23 heavy (non-hydrogen) atoms. The molecule has 1 saturated heterocycles. The monoisotopic (exact) mass is 309 g/mol. The van der Waals surface area contributed by atoms with Gasteiger partial charge < -0.3 is 16.0 Å². The normalized spacial score (nSPS) is 15.4. The summed E-state index contributed by atoms with van der Waals surface area (Å²) in [6, 6.07) is 17.5. The highest BCUT2D eigenvalue weighted by Gasteiger charge is 2.14. The molecule has 1 heterocycles. The molecule has 1 atom stereocenters. The van der Waals surface area contributed by atoms with Crippen molar-refractivity contribution in [3.63, 3.8) is 0 Å². The van der Waals surface area contributed by atoms with Crippen molar-refractivity contribution in [2.24, 2.45) is 5.73 Å². The predicted octanol–water partition coefficient (Wildman–Crippen LogP) is 3.32. The van der Waals surface area contributed by atoms with Crippen molar-refractivity contribution in [2.75, 3.05) is 23.3 Å². The fourth-order valence-electron chi connectivity index (χ4n) is 2.99. The summed E-state index contributed by atoms with van der Waals surface area (Å²) in [5.41, 5.74) is 9.10. The van der Waals surface area contributed by atoms with Crippen LogP contribution in [0.2, 0.25) is 0 Å². The van der Waals surface area contributed by atoms with E-state index in [-0.39, 0.29) is 18.4 Å². The second kappa shape index (κ2) is 7.29. The lowest BCUT2D eigenvalue weighted by Crippen LogP contribution is -2.21. The van der Waals surface area contributed by atoms with E-state index in [9.17, 15) is 4.79 Å². The fraction of sp³-hybridized carbons (Fsp3) is 0.316. The number of nitrogens with two attached hydrogens (primary N) is 1. The third-order valence-electron chi connectivity index (χ3n) is 4.23. The highest BCUT2D eigenvalue weighted by molar-refractivity contribution is 5.91. The van der Waals surface area contributed by atoms with Crippen LogP contribution in [0.15, 0.2) is 54.6 Å². The summed E-state index contributed by atoms with van der Waals surface area (Å²) in [5, 5.41) is 2.96. The Morgan fingerprint density at radius 3 is 2.57 bits per heavy atom. The highest BCUT2D eigenvalue weighted by atomic mass is 16.1. The maximum absolute atomic E-state index is 12.2. The Morgan fingerprint density at radius 2 is 1.83 bits per heavy atom. The van der Waals surface area contributed by atoms with Crippen LogP contribution in [0.25, 0.3) is 0 Å². The van der Waals surface area contributed by atoms with Gasteiger partial charge >= 0.3 is 0 Å². The van der Waals surface area contributed by atoms with Gasteiger partial charge in [0.1, 0.15) is 0 Å². The molecule has 0 aromatic heterocycles. The van der Waals surface area contributed by atoms with E-state index in [1.807, 2.05) is 48.5 Å². The molecular formula is C19H23N3O. The second-order valence-electron chi connectivity index (χ2n) is 6.01. The van der Waals surface area contributed by atoms with Crippen LogP contribution in [0.3, 0.4) is 0 Å². The molecule has 3 rings (SSSR count). The summed E-state index contributed by atoms with van der Waals surface area (Å²) in [4.78, 5) is 14.6. The smallest absolute Gasteiger partial charge is 0.226 e. The number of carbonyl (C=O) groups excluding carboxylic acids is 1. The predicted molar refractivity (Wildman–Crippen MR) is 94.5 cm³/mol. The molecule has 0 saturated carbocycles. The molecular weight excluding hydrogens is 286 g/mol. The van der Waals surface area contributed by atoms with Crippen LogP contribution in [-0.4, -0.2) is 19.0 Å². The lowest BCUT2D eigenvalue weighted by Gasteiger charge is -2.18. The van der Waals surface area contributed by atoms with Crippen LogP contribution < -0.4 is 16.0 Å². The Labute approximate surface area is 137 Å². The summed E-state index contributed by atoms with van der Waals surface area (Å²) >= 11 is 0. The van der Waals surface area contributed by atoms with E-state index in [4.69, 9.17) is 5.73 Å². The molecule has 1 fully saturated rings. The van der Waals surface area contributed by atoms with E-state index in [1.165, 1.54) is 18.5 Å². The molecule has 0 bridgehead atoms. The maximum atomic E-state index is 12.2. The molecule has 4 nitrogen and oxygen atoms in total. The molecule has 2 aromatic carbocycles.